The first-order valence-electron chi connectivity index (χ1n) is 5.85. The van der Waals surface area contributed by atoms with E-state index in [2.05, 4.69) is 36.0 Å². The second kappa shape index (κ2) is 6.14. The first-order chi connectivity index (χ1) is 11.1. The molecule has 2 rings (SSSR count). The molecule has 0 amide bonds. The number of benzene rings is 1. The van der Waals surface area contributed by atoms with Crippen molar-refractivity contribution in [3.8, 4) is 0 Å². The van der Waals surface area contributed by atoms with Gasteiger partial charge in [0.25, 0.3) is 5.95 Å². The van der Waals surface area contributed by atoms with Gasteiger partial charge in [0.15, 0.2) is 0 Å². The van der Waals surface area contributed by atoms with Crippen LogP contribution in [0.5, 0.6) is 0 Å². The molecule has 0 bridgehead atoms. The molecule has 126 valence electrons. The minimum atomic E-state index is -5.02. The van der Waals surface area contributed by atoms with Crippen molar-refractivity contribution in [2.45, 2.75) is 12.4 Å². The van der Waals surface area contributed by atoms with E-state index in [0.29, 0.717) is 12.1 Å². The molecule has 0 aliphatic heterocycles. The van der Waals surface area contributed by atoms with Gasteiger partial charge < -0.3 is 4.85 Å². The molecule has 0 aliphatic rings. The molecule has 13 heteroatoms. The van der Waals surface area contributed by atoms with Crippen molar-refractivity contribution in [3.63, 3.8) is 0 Å². The number of halogens is 6. The Balaban J connectivity index is 2.50. The predicted octanol–water partition coefficient (Wildman–Crippen LogP) is 2.93. The van der Waals surface area contributed by atoms with Gasteiger partial charge in [-0.2, -0.15) is 37.0 Å². The molecule has 2 aromatic rings. The van der Waals surface area contributed by atoms with Crippen LogP contribution < -0.4 is 5.43 Å². The predicted molar refractivity (Wildman–Crippen MR) is 67.4 cm³/mol. The smallest absolute Gasteiger partial charge is 0.358 e. The Morgan fingerprint density at radius 3 is 2.08 bits per heavy atom. The number of H-pyrrole nitrogens is 1. The van der Waals surface area contributed by atoms with Crippen molar-refractivity contribution in [1.82, 2.24) is 20.6 Å². The van der Waals surface area contributed by atoms with Crippen LogP contribution in [0, 0.1) is 6.57 Å². The van der Waals surface area contributed by atoms with Crippen LogP contribution in [-0.4, -0.2) is 26.5 Å². The van der Waals surface area contributed by atoms with Gasteiger partial charge in [0.1, 0.15) is 0 Å². The lowest BCUT2D eigenvalue weighted by atomic mass is 10.0. The maximum Gasteiger partial charge on any atom is 0.416 e. The topological polar surface area (TPSA) is 83.2 Å². The molecule has 0 saturated carbocycles. The maximum atomic E-state index is 12.8. The van der Waals surface area contributed by atoms with Crippen LogP contribution in [0.25, 0.3) is 4.85 Å². The molecular formula is C11H5F6N7. The number of amidine groups is 1. The fraction of sp³-hybridized carbons (Fsp3) is 0.182. The Kier molecular flexibility index (Phi) is 4.40. The van der Waals surface area contributed by atoms with Gasteiger partial charge in [0, 0.05) is 5.56 Å². The van der Waals surface area contributed by atoms with Crippen LogP contribution in [0.4, 0.5) is 32.3 Å². The summed E-state index contributed by atoms with van der Waals surface area (Å²) in [5.74, 6) is -0.962. The third kappa shape index (κ3) is 3.97. The number of nitrogens with zero attached hydrogens (tertiary/aromatic N) is 5. The molecule has 0 saturated heterocycles. The highest BCUT2D eigenvalue weighted by molar-refractivity contribution is 6.06. The largest absolute Gasteiger partial charge is 0.416 e. The molecule has 0 atom stereocenters. The summed E-state index contributed by atoms with van der Waals surface area (Å²) in [6, 6.07) is 0.742. The third-order valence-electron chi connectivity index (χ3n) is 2.56. The number of hydrogen-bond acceptors (Lipinski definition) is 5. The van der Waals surface area contributed by atoms with Gasteiger partial charge in [0.05, 0.1) is 11.1 Å². The zero-order valence-corrected chi connectivity index (χ0v) is 11.2. The van der Waals surface area contributed by atoms with E-state index >= 15 is 0 Å². The number of tetrazole rings is 1. The summed E-state index contributed by atoms with van der Waals surface area (Å²) in [6.45, 7) is 6.91. The van der Waals surface area contributed by atoms with E-state index in [4.69, 9.17) is 6.57 Å². The number of anilines is 1. The molecule has 2 N–H and O–H groups in total. The normalized spacial score (nSPS) is 12.8. The highest BCUT2D eigenvalue weighted by atomic mass is 19.4. The number of alkyl halides is 6. The Morgan fingerprint density at radius 2 is 1.67 bits per heavy atom. The fourth-order valence-corrected chi connectivity index (χ4v) is 1.55. The summed E-state index contributed by atoms with van der Waals surface area (Å²) in [5.41, 5.74) is -1.68. The summed E-state index contributed by atoms with van der Waals surface area (Å²) in [5, 5.41) is 15.4. The number of rotatable bonds is 3. The van der Waals surface area contributed by atoms with Crippen LogP contribution in [0.1, 0.15) is 16.7 Å². The van der Waals surface area contributed by atoms with Gasteiger partial charge in [0.2, 0.25) is 0 Å². The number of aromatic amines is 1. The van der Waals surface area contributed by atoms with E-state index in [0.717, 1.165) is 0 Å². The van der Waals surface area contributed by atoms with Crippen LogP contribution in [0.2, 0.25) is 0 Å². The second-order valence-electron chi connectivity index (χ2n) is 4.19. The van der Waals surface area contributed by atoms with Crippen molar-refractivity contribution in [3.05, 3.63) is 46.3 Å². The quantitative estimate of drug-likeness (QED) is 0.293. The van der Waals surface area contributed by atoms with Crippen LogP contribution in [-0.2, 0) is 12.4 Å². The lowest BCUT2D eigenvalue weighted by Gasteiger charge is -2.13. The Hall–Kier alpha value is -3.17. The molecule has 1 aromatic carbocycles. The minimum Gasteiger partial charge on any atom is -0.358 e. The summed E-state index contributed by atoms with van der Waals surface area (Å²) >= 11 is 0. The van der Waals surface area contributed by atoms with E-state index in [9.17, 15) is 26.3 Å². The maximum absolute atomic E-state index is 12.8. The van der Waals surface area contributed by atoms with E-state index in [1.54, 1.807) is 0 Å². The molecule has 0 fully saturated rings. The molecular weight excluding hydrogens is 344 g/mol. The number of aromatic nitrogens is 4. The van der Waals surface area contributed by atoms with Crippen molar-refractivity contribution in [2.75, 3.05) is 5.43 Å². The SMILES string of the molecule is [C-]#[N+]/C(=N\Nc1nn[nH]n1)c1cc(C(F)(F)F)cc(C(F)(F)F)c1. The summed E-state index contributed by atoms with van der Waals surface area (Å²) in [6.07, 6.45) is -10.0. The van der Waals surface area contributed by atoms with Gasteiger partial charge in [-0.25, -0.2) is 0 Å². The zero-order chi connectivity index (χ0) is 18.0. The third-order valence-corrected chi connectivity index (χ3v) is 2.56. The average Bonchev–Trinajstić information content (AvgIpc) is 2.99. The Labute approximate surface area is 129 Å². The van der Waals surface area contributed by atoms with Crippen LogP contribution in [0.3, 0.4) is 0 Å². The van der Waals surface area contributed by atoms with E-state index in [1.165, 1.54) is 0 Å². The minimum absolute atomic E-state index is 0.0440. The van der Waals surface area contributed by atoms with Crippen molar-refractivity contribution in [1.29, 1.82) is 0 Å². The summed E-state index contributed by atoms with van der Waals surface area (Å²) in [7, 11) is 0. The fourth-order valence-electron chi connectivity index (χ4n) is 1.55. The first kappa shape index (κ1) is 17.2. The number of nitrogens with one attached hydrogen (secondary N) is 2. The Bertz CT molecular complexity index is 752. The van der Waals surface area contributed by atoms with Gasteiger partial charge in [-0.15, -0.1) is 5.10 Å². The summed E-state index contributed by atoms with van der Waals surface area (Å²) in [4.78, 5) is 2.82. The first-order valence-corrected chi connectivity index (χ1v) is 5.85. The van der Waals surface area contributed by atoms with Gasteiger partial charge in [-0.3, -0.25) is 0 Å². The number of hydrazone groups is 1. The molecule has 0 unspecified atom stereocenters. The van der Waals surface area contributed by atoms with Crippen LogP contribution in [0.15, 0.2) is 23.3 Å². The highest BCUT2D eigenvalue weighted by Gasteiger charge is 2.37. The molecule has 1 heterocycles. The second-order valence-corrected chi connectivity index (χ2v) is 4.19. The van der Waals surface area contributed by atoms with Crippen molar-refractivity contribution in [2.24, 2.45) is 5.10 Å². The summed E-state index contributed by atoms with van der Waals surface area (Å²) < 4.78 is 76.7. The van der Waals surface area contributed by atoms with Gasteiger partial charge >= 0.3 is 18.2 Å². The molecule has 0 aliphatic carbocycles. The standard InChI is InChI=1S/C11H5F6N7/c1-18-8(19-20-9-21-23-24-22-9)5-2-6(10(12,13)14)4-7(3-5)11(15,16)17/h2-4H,(H2,20,21,22,23,24)/b19-8-. The van der Waals surface area contributed by atoms with E-state index in [1.807, 2.05) is 0 Å². The lowest BCUT2D eigenvalue weighted by molar-refractivity contribution is -0.143. The average molecular weight is 349 g/mol. The lowest BCUT2D eigenvalue weighted by Crippen LogP contribution is -2.13. The molecule has 24 heavy (non-hydrogen) atoms. The molecule has 7 nitrogen and oxygen atoms in total. The van der Waals surface area contributed by atoms with Crippen molar-refractivity contribution < 1.29 is 26.3 Å². The Morgan fingerprint density at radius 1 is 1.08 bits per heavy atom. The zero-order valence-electron chi connectivity index (χ0n) is 11.2. The van der Waals surface area contributed by atoms with E-state index in [-0.39, 0.29) is 12.0 Å². The monoisotopic (exact) mass is 349 g/mol. The van der Waals surface area contributed by atoms with Gasteiger partial charge in [-0.1, -0.05) is 23.8 Å². The number of hydrogen-bond donors (Lipinski definition) is 2. The molecule has 0 radical (unpaired) electrons. The van der Waals surface area contributed by atoms with Gasteiger partial charge in [-0.05, 0) is 16.4 Å². The van der Waals surface area contributed by atoms with Crippen LogP contribution >= 0.6 is 0 Å². The molecule has 1 aromatic heterocycles. The van der Waals surface area contributed by atoms with Crippen molar-refractivity contribution >= 4 is 11.8 Å². The van der Waals surface area contributed by atoms with E-state index < -0.39 is 34.9 Å². The molecule has 0 spiro atoms. The highest BCUT2D eigenvalue weighted by Crippen LogP contribution is 2.36.